The third-order valence-corrected chi connectivity index (χ3v) is 5.77. The number of rotatable bonds is 5. The number of nitrogens with zero attached hydrogens (tertiary/aromatic N) is 4. The number of likely N-dealkylation sites (N-methyl/N-ethyl adjacent to an activating group) is 1. The van der Waals surface area contributed by atoms with E-state index in [1.165, 1.54) is 5.56 Å². The molecule has 2 aliphatic rings. The highest BCUT2D eigenvalue weighted by atomic mass is 16.4. The highest BCUT2D eigenvalue weighted by molar-refractivity contribution is 5.78. The first-order valence-electron chi connectivity index (χ1n) is 10.4. The van der Waals surface area contributed by atoms with Crippen molar-refractivity contribution in [2.24, 2.45) is 0 Å². The van der Waals surface area contributed by atoms with Gasteiger partial charge in [0.05, 0.1) is 13.1 Å². The average Bonchev–Trinajstić information content (AvgIpc) is 3.02. The summed E-state index contributed by atoms with van der Waals surface area (Å²) in [4.78, 5) is 24.1. The van der Waals surface area contributed by atoms with Crippen molar-refractivity contribution in [3.63, 3.8) is 0 Å². The van der Waals surface area contributed by atoms with E-state index in [0.717, 1.165) is 75.8 Å². The van der Waals surface area contributed by atoms with E-state index in [0.29, 0.717) is 13.1 Å². The second kappa shape index (κ2) is 8.88. The van der Waals surface area contributed by atoms with Crippen molar-refractivity contribution in [2.75, 3.05) is 46.3 Å². The van der Waals surface area contributed by atoms with Gasteiger partial charge in [0.25, 0.3) is 0 Å². The molecule has 6 heteroatoms. The molecule has 0 bridgehead atoms. The monoisotopic (exact) mass is 382 g/mol. The van der Waals surface area contributed by atoms with Crippen molar-refractivity contribution >= 4 is 5.91 Å². The van der Waals surface area contributed by atoms with E-state index in [4.69, 9.17) is 4.42 Å². The van der Waals surface area contributed by atoms with Crippen molar-refractivity contribution in [3.8, 4) is 0 Å². The number of aromatic nitrogens is 1. The molecule has 4 rings (SSSR count). The molecular weight excluding hydrogens is 352 g/mol. The first-order valence-corrected chi connectivity index (χ1v) is 10.4. The molecular formula is C22H30N4O2. The van der Waals surface area contributed by atoms with Gasteiger partial charge in [-0.25, -0.2) is 4.98 Å². The van der Waals surface area contributed by atoms with E-state index in [-0.39, 0.29) is 5.91 Å². The molecule has 150 valence electrons. The van der Waals surface area contributed by atoms with Crippen LogP contribution in [0, 0.1) is 0 Å². The predicted molar refractivity (Wildman–Crippen MR) is 108 cm³/mol. The number of aryl methyl sites for hydroxylation is 2. The molecule has 0 spiro atoms. The number of benzene rings is 1. The third-order valence-electron chi connectivity index (χ3n) is 5.77. The Morgan fingerprint density at radius 3 is 2.79 bits per heavy atom. The summed E-state index contributed by atoms with van der Waals surface area (Å²) in [6.07, 6.45) is 3.61. The second-order valence-electron chi connectivity index (χ2n) is 7.96. The Bertz CT molecular complexity index is 789. The number of amides is 1. The van der Waals surface area contributed by atoms with Crippen molar-refractivity contribution in [2.45, 2.75) is 32.2 Å². The minimum atomic E-state index is 0.212. The molecule has 2 aliphatic heterocycles. The summed E-state index contributed by atoms with van der Waals surface area (Å²) in [6.45, 7) is 5.94. The number of fused-ring (bicyclic) bond motifs is 1. The molecule has 1 saturated heterocycles. The summed E-state index contributed by atoms with van der Waals surface area (Å²) in [6, 6.07) is 10.4. The summed E-state index contributed by atoms with van der Waals surface area (Å²) in [5, 5.41) is 0. The molecule has 0 atom stereocenters. The fourth-order valence-electron chi connectivity index (χ4n) is 4.02. The minimum Gasteiger partial charge on any atom is -0.445 e. The molecule has 3 heterocycles. The fraction of sp³-hybridized carbons (Fsp3) is 0.545. The molecule has 0 N–H and O–H groups in total. The van der Waals surface area contributed by atoms with Gasteiger partial charge in [0, 0.05) is 32.5 Å². The molecule has 0 radical (unpaired) electrons. The van der Waals surface area contributed by atoms with Crippen LogP contribution in [0.4, 0.5) is 0 Å². The summed E-state index contributed by atoms with van der Waals surface area (Å²) in [5.41, 5.74) is 2.23. The van der Waals surface area contributed by atoms with Crippen LogP contribution < -0.4 is 0 Å². The zero-order valence-corrected chi connectivity index (χ0v) is 16.8. The Kier molecular flexibility index (Phi) is 6.07. The lowest BCUT2D eigenvalue weighted by Crippen LogP contribution is -2.43. The number of carbonyl (C=O) groups is 1. The summed E-state index contributed by atoms with van der Waals surface area (Å²) < 4.78 is 5.97. The van der Waals surface area contributed by atoms with E-state index < -0.39 is 0 Å². The Hall–Kier alpha value is -2.18. The maximum absolute atomic E-state index is 12.8. The Balaban J connectivity index is 1.31. The van der Waals surface area contributed by atoms with Crippen LogP contribution >= 0.6 is 0 Å². The zero-order chi connectivity index (χ0) is 19.3. The Morgan fingerprint density at radius 2 is 1.93 bits per heavy atom. The predicted octanol–water partition coefficient (Wildman–Crippen LogP) is 1.98. The van der Waals surface area contributed by atoms with Crippen molar-refractivity contribution in [3.05, 3.63) is 53.2 Å². The van der Waals surface area contributed by atoms with Crippen LogP contribution in [0.15, 0.2) is 34.7 Å². The normalized spacial score (nSPS) is 18.7. The highest BCUT2D eigenvalue weighted by Crippen LogP contribution is 2.21. The second-order valence-corrected chi connectivity index (χ2v) is 7.96. The molecule has 6 nitrogen and oxygen atoms in total. The third kappa shape index (κ3) is 4.80. The average molecular weight is 383 g/mol. The van der Waals surface area contributed by atoms with Crippen LogP contribution in [0.5, 0.6) is 0 Å². The van der Waals surface area contributed by atoms with E-state index in [1.807, 2.05) is 11.0 Å². The number of hydrogen-bond acceptors (Lipinski definition) is 5. The summed E-state index contributed by atoms with van der Waals surface area (Å²) >= 11 is 0. The van der Waals surface area contributed by atoms with Gasteiger partial charge < -0.3 is 14.2 Å². The van der Waals surface area contributed by atoms with Crippen molar-refractivity contribution in [1.29, 1.82) is 0 Å². The van der Waals surface area contributed by atoms with Crippen LogP contribution in [-0.4, -0.2) is 71.9 Å². The molecule has 1 amide bonds. The van der Waals surface area contributed by atoms with Gasteiger partial charge in [-0.2, -0.15) is 0 Å². The largest absolute Gasteiger partial charge is 0.445 e. The van der Waals surface area contributed by atoms with Gasteiger partial charge in [0.1, 0.15) is 11.5 Å². The topological polar surface area (TPSA) is 52.8 Å². The lowest BCUT2D eigenvalue weighted by Gasteiger charge is -2.28. The first-order chi connectivity index (χ1) is 13.7. The molecule has 1 fully saturated rings. The quantitative estimate of drug-likeness (QED) is 0.792. The summed E-state index contributed by atoms with van der Waals surface area (Å²) in [5.74, 6) is 1.96. The SMILES string of the molecule is CN1CCCN(CC(=O)N2CCc3oc(CCc4ccccc4)nc3C2)CC1. The number of oxazole rings is 1. The lowest BCUT2D eigenvalue weighted by atomic mass is 10.1. The fourth-order valence-corrected chi connectivity index (χ4v) is 4.02. The Morgan fingerprint density at radius 1 is 1.07 bits per heavy atom. The van der Waals surface area contributed by atoms with Crippen molar-refractivity contribution < 1.29 is 9.21 Å². The van der Waals surface area contributed by atoms with Gasteiger partial charge >= 0.3 is 0 Å². The molecule has 28 heavy (non-hydrogen) atoms. The van der Waals surface area contributed by atoms with Crippen LogP contribution in [0.25, 0.3) is 0 Å². The minimum absolute atomic E-state index is 0.212. The zero-order valence-electron chi connectivity index (χ0n) is 16.8. The van der Waals surface area contributed by atoms with Crippen LogP contribution in [0.3, 0.4) is 0 Å². The first kappa shape index (κ1) is 19.2. The van der Waals surface area contributed by atoms with Crippen LogP contribution in [0.2, 0.25) is 0 Å². The number of hydrogen-bond donors (Lipinski definition) is 0. The molecule has 2 aromatic rings. The van der Waals surface area contributed by atoms with E-state index in [9.17, 15) is 4.79 Å². The molecule has 0 unspecified atom stereocenters. The van der Waals surface area contributed by atoms with Crippen LogP contribution in [-0.2, 0) is 30.6 Å². The van der Waals surface area contributed by atoms with Crippen molar-refractivity contribution in [1.82, 2.24) is 19.7 Å². The maximum Gasteiger partial charge on any atom is 0.237 e. The summed E-state index contributed by atoms with van der Waals surface area (Å²) in [7, 11) is 2.15. The van der Waals surface area contributed by atoms with E-state index in [1.54, 1.807) is 0 Å². The molecule has 1 aromatic heterocycles. The lowest BCUT2D eigenvalue weighted by molar-refractivity contribution is -0.133. The van der Waals surface area contributed by atoms with Gasteiger partial charge in [0.15, 0.2) is 5.89 Å². The highest BCUT2D eigenvalue weighted by Gasteiger charge is 2.26. The Labute approximate surface area is 167 Å². The van der Waals surface area contributed by atoms with Gasteiger partial charge in [0.2, 0.25) is 5.91 Å². The van der Waals surface area contributed by atoms with Gasteiger partial charge in [-0.05, 0) is 38.5 Å². The maximum atomic E-state index is 12.8. The standard InChI is InChI=1S/C22H30N4O2/c1-24-11-5-12-25(15-14-24)17-22(27)26-13-10-20-19(16-26)23-21(28-20)9-8-18-6-3-2-4-7-18/h2-4,6-7H,5,8-17H2,1H3. The van der Waals surface area contributed by atoms with Gasteiger partial charge in [-0.1, -0.05) is 30.3 Å². The molecule has 0 saturated carbocycles. The molecule has 1 aromatic carbocycles. The van der Waals surface area contributed by atoms with Gasteiger partial charge in [-0.3, -0.25) is 9.69 Å². The molecule has 0 aliphatic carbocycles. The van der Waals surface area contributed by atoms with Crippen LogP contribution in [0.1, 0.15) is 29.3 Å². The van der Waals surface area contributed by atoms with Gasteiger partial charge in [-0.15, -0.1) is 0 Å². The van der Waals surface area contributed by atoms with E-state index in [2.05, 4.69) is 46.1 Å². The number of carbonyl (C=O) groups excluding carboxylic acids is 1. The van der Waals surface area contributed by atoms with E-state index >= 15 is 0 Å². The smallest absolute Gasteiger partial charge is 0.237 e.